The van der Waals surface area contributed by atoms with Crippen LogP contribution in [0.4, 0.5) is 18.9 Å². The van der Waals surface area contributed by atoms with Gasteiger partial charge in [0.25, 0.3) is 0 Å². The number of nitrogens with zero attached hydrogens (tertiary/aromatic N) is 1. The van der Waals surface area contributed by atoms with Crippen LogP contribution in [0.5, 0.6) is 0 Å². The zero-order valence-corrected chi connectivity index (χ0v) is 15.4. The maximum atomic E-state index is 12.9. The van der Waals surface area contributed by atoms with Crippen LogP contribution >= 0.6 is 0 Å². The van der Waals surface area contributed by atoms with Gasteiger partial charge in [0.2, 0.25) is 5.91 Å². The monoisotopic (exact) mass is 389 g/mol. The van der Waals surface area contributed by atoms with Gasteiger partial charge in [-0.3, -0.25) is 4.79 Å². The average molecular weight is 389 g/mol. The summed E-state index contributed by atoms with van der Waals surface area (Å²) in [6.45, 7) is 2.92. The maximum Gasteiger partial charge on any atom is 0.416 e. The summed E-state index contributed by atoms with van der Waals surface area (Å²) < 4.78 is 38.6. The molecule has 2 aromatic rings. The molecule has 0 unspecified atom stereocenters. The Morgan fingerprint density at radius 3 is 2.50 bits per heavy atom. The molecule has 1 amide bonds. The van der Waals surface area contributed by atoms with Crippen LogP contribution in [-0.4, -0.2) is 25.5 Å². The van der Waals surface area contributed by atoms with E-state index in [4.69, 9.17) is 5.73 Å². The van der Waals surface area contributed by atoms with Crippen LogP contribution in [0.25, 0.3) is 11.1 Å². The highest BCUT2D eigenvalue weighted by Gasteiger charge is 2.31. The first-order valence-corrected chi connectivity index (χ1v) is 9.42. The number of halogens is 3. The zero-order chi connectivity index (χ0) is 19.9. The van der Waals surface area contributed by atoms with Crippen molar-refractivity contribution in [3.63, 3.8) is 0 Å². The maximum absolute atomic E-state index is 12.9. The van der Waals surface area contributed by atoms with Crippen molar-refractivity contribution in [2.45, 2.75) is 25.6 Å². The zero-order valence-electron chi connectivity index (χ0n) is 15.4. The lowest BCUT2D eigenvalue weighted by molar-refractivity contribution is -0.137. The molecule has 0 saturated carbocycles. The lowest BCUT2D eigenvalue weighted by Crippen LogP contribution is -2.30. The Hall–Kier alpha value is -2.54. The molecule has 4 nitrogen and oxygen atoms in total. The van der Waals surface area contributed by atoms with Crippen LogP contribution in [-0.2, 0) is 23.9 Å². The van der Waals surface area contributed by atoms with Crippen molar-refractivity contribution in [2.75, 3.05) is 24.5 Å². The molecular formula is C21H22F3N3O. The first-order chi connectivity index (χ1) is 13.3. The number of rotatable bonds is 3. The summed E-state index contributed by atoms with van der Waals surface area (Å²) >= 11 is 0. The second-order valence-corrected chi connectivity index (χ2v) is 7.43. The molecule has 3 N–H and O–H groups in total. The van der Waals surface area contributed by atoms with E-state index in [2.05, 4.69) is 10.2 Å². The minimum atomic E-state index is -4.33. The van der Waals surface area contributed by atoms with E-state index in [1.165, 1.54) is 5.56 Å². The van der Waals surface area contributed by atoms with Crippen LogP contribution in [0, 0.1) is 5.92 Å². The van der Waals surface area contributed by atoms with E-state index >= 15 is 0 Å². The molecule has 0 aromatic heterocycles. The van der Waals surface area contributed by atoms with Gasteiger partial charge in [-0.25, -0.2) is 0 Å². The fourth-order valence-electron chi connectivity index (χ4n) is 4.21. The van der Waals surface area contributed by atoms with Gasteiger partial charge in [-0.1, -0.05) is 18.2 Å². The highest BCUT2D eigenvalue weighted by molar-refractivity contribution is 5.79. The van der Waals surface area contributed by atoms with Gasteiger partial charge in [0.05, 0.1) is 11.5 Å². The van der Waals surface area contributed by atoms with Crippen molar-refractivity contribution in [3.8, 4) is 11.1 Å². The number of carbonyl (C=O) groups excluding carboxylic acids is 1. The SMILES string of the molecule is NC(=O)[C@@H]1CCN(c2ccc(-c3ccc(C(F)(F)F)cc3)c3c2CNCC3)C1. The van der Waals surface area contributed by atoms with Crippen LogP contribution in [0.1, 0.15) is 23.1 Å². The molecule has 0 radical (unpaired) electrons. The molecule has 0 aliphatic carbocycles. The number of carbonyl (C=O) groups is 1. The number of benzene rings is 2. The quantitative estimate of drug-likeness (QED) is 0.847. The van der Waals surface area contributed by atoms with Gasteiger partial charge in [-0.05, 0) is 59.8 Å². The minimum absolute atomic E-state index is 0.137. The number of fused-ring (bicyclic) bond motifs is 1. The van der Waals surface area contributed by atoms with E-state index < -0.39 is 11.7 Å². The van der Waals surface area contributed by atoms with Crippen molar-refractivity contribution >= 4 is 11.6 Å². The van der Waals surface area contributed by atoms with Crippen LogP contribution < -0.4 is 16.0 Å². The molecule has 0 bridgehead atoms. The highest BCUT2D eigenvalue weighted by Crippen LogP contribution is 2.37. The Kier molecular flexibility index (Phi) is 4.79. The van der Waals surface area contributed by atoms with E-state index in [1.807, 2.05) is 12.1 Å². The topological polar surface area (TPSA) is 58.4 Å². The van der Waals surface area contributed by atoms with Crippen molar-refractivity contribution < 1.29 is 18.0 Å². The second kappa shape index (κ2) is 7.13. The van der Waals surface area contributed by atoms with E-state index in [9.17, 15) is 18.0 Å². The fraction of sp³-hybridized carbons (Fsp3) is 0.381. The third-order valence-corrected chi connectivity index (χ3v) is 5.71. The van der Waals surface area contributed by atoms with Crippen molar-refractivity contribution in [2.24, 2.45) is 11.7 Å². The molecule has 4 rings (SSSR count). The van der Waals surface area contributed by atoms with Crippen LogP contribution in [0.2, 0.25) is 0 Å². The minimum Gasteiger partial charge on any atom is -0.370 e. The smallest absolute Gasteiger partial charge is 0.370 e. The predicted molar refractivity (Wildman–Crippen MR) is 102 cm³/mol. The molecule has 7 heteroatoms. The van der Waals surface area contributed by atoms with Gasteiger partial charge in [0.15, 0.2) is 0 Å². The third kappa shape index (κ3) is 3.46. The summed E-state index contributed by atoms with van der Waals surface area (Å²) in [5, 5.41) is 3.38. The molecule has 0 spiro atoms. The summed E-state index contributed by atoms with van der Waals surface area (Å²) in [5.74, 6) is -0.405. The molecule has 2 heterocycles. The summed E-state index contributed by atoms with van der Waals surface area (Å²) in [7, 11) is 0. The molecular weight excluding hydrogens is 367 g/mol. The van der Waals surface area contributed by atoms with E-state index in [0.29, 0.717) is 13.1 Å². The molecule has 1 atom stereocenters. The number of amides is 1. The second-order valence-electron chi connectivity index (χ2n) is 7.43. The largest absolute Gasteiger partial charge is 0.416 e. The van der Waals surface area contributed by atoms with Crippen LogP contribution in [0.15, 0.2) is 36.4 Å². The average Bonchev–Trinajstić information content (AvgIpc) is 3.17. The molecule has 1 saturated heterocycles. The number of anilines is 1. The number of hydrogen-bond donors (Lipinski definition) is 2. The normalized spacial score (nSPS) is 19.5. The lowest BCUT2D eigenvalue weighted by atomic mass is 9.89. The first-order valence-electron chi connectivity index (χ1n) is 9.42. The van der Waals surface area contributed by atoms with Crippen LogP contribution in [0.3, 0.4) is 0 Å². The first kappa shape index (κ1) is 18.8. The highest BCUT2D eigenvalue weighted by atomic mass is 19.4. The van der Waals surface area contributed by atoms with Gasteiger partial charge >= 0.3 is 6.18 Å². The summed E-state index contributed by atoms with van der Waals surface area (Å²) in [4.78, 5) is 13.7. The number of primary amides is 1. The number of alkyl halides is 3. The van der Waals surface area contributed by atoms with Gasteiger partial charge in [0, 0.05) is 25.3 Å². The van der Waals surface area contributed by atoms with E-state index in [0.717, 1.165) is 60.4 Å². The van der Waals surface area contributed by atoms with E-state index in [-0.39, 0.29) is 11.8 Å². The number of nitrogens with one attached hydrogen (secondary N) is 1. The Morgan fingerprint density at radius 1 is 1.11 bits per heavy atom. The third-order valence-electron chi connectivity index (χ3n) is 5.71. The lowest BCUT2D eigenvalue weighted by Gasteiger charge is -2.29. The Bertz CT molecular complexity index is 893. The summed E-state index contributed by atoms with van der Waals surface area (Å²) in [6, 6.07) is 9.35. The summed E-state index contributed by atoms with van der Waals surface area (Å²) in [5.41, 5.74) is 9.99. The molecule has 148 valence electrons. The molecule has 28 heavy (non-hydrogen) atoms. The van der Waals surface area contributed by atoms with Crippen molar-refractivity contribution in [1.82, 2.24) is 5.32 Å². The Labute approximate surface area is 161 Å². The standard InChI is InChI=1S/C21H22F3N3O/c22-21(23,24)15-3-1-13(2-4-15)16-5-6-19(18-11-26-9-7-17(16)18)27-10-8-14(12-27)20(25)28/h1-6,14,26H,7-12H2,(H2,25,28)/t14-/m1/s1. The predicted octanol–water partition coefficient (Wildman–Crippen LogP) is 3.33. The van der Waals surface area contributed by atoms with E-state index in [1.54, 1.807) is 12.1 Å². The van der Waals surface area contributed by atoms with Gasteiger partial charge in [0.1, 0.15) is 0 Å². The van der Waals surface area contributed by atoms with Crippen molar-refractivity contribution in [3.05, 3.63) is 53.1 Å². The number of hydrogen-bond acceptors (Lipinski definition) is 3. The Morgan fingerprint density at radius 2 is 1.86 bits per heavy atom. The number of nitrogens with two attached hydrogens (primary N) is 1. The molecule has 1 fully saturated rings. The van der Waals surface area contributed by atoms with Gasteiger partial charge in [-0.15, -0.1) is 0 Å². The van der Waals surface area contributed by atoms with Crippen molar-refractivity contribution in [1.29, 1.82) is 0 Å². The molecule has 2 aliphatic heterocycles. The molecule has 2 aromatic carbocycles. The summed E-state index contributed by atoms with van der Waals surface area (Å²) in [6.07, 6.45) is -2.77. The Balaban J connectivity index is 1.70. The van der Waals surface area contributed by atoms with Gasteiger partial charge < -0.3 is 16.0 Å². The fourth-order valence-corrected chi connectivity index (χ4v) is 4.21. The van der Waals surface area contributed by atoms with Gasteiger partial charge in [-0.2, -0.15) is 13.2 Å². The molecule has 2 aliphatic rings.